The third kappa shape index (κ3) is 1.56. The molecular formula is C12H12N2O2. The molecule has 1 aliphatic carbocycles. The molecule has 0 unspecified atom stereocenters. The van der Waals surface area contributed by atoms with E-state index in [0.717, 1.165) is 17.0 Å². The molecule has 0 saturated heterocycles. The Kier molecular flexibility index (Phi) is 1.96. The van der Waals surface area contributed by atoms with E-state index in [0.29, 0.717) is 5.92 Å². The maximum atomic E-state index is 10.7. The zero-order valence-electron chi connectivity index (χ0n) is 8.76. The van der Waals surface area contributed by atoms with Crippen LogP contribution in [0.5, 0.6) is 0 Å². The topological polar surface area (TPSA) is 54.6 Å². The van der Waals surface area contributed by atoms with E-state index in [2.05, 4.69) is 4.98 Å². The minimum absolute atomic E-state index is 0.0395. The molecule has 0 bridgehead atoms. The number of rotatable bonds is 3. The van der Waals surface area contributed by atoms with Gasteiger partial charge in [-0.3, -0.25) is 4.79 Å². The summed E-state index contributed by atoms with van der Waals surface area (Å²) >= 11 is 0. The lowest BCUT2D eigenvalue weighted by molar-refractivity contribution is -0.136. The molecule has 0 aliphatic heterocycles. The predicted octanol–water partition coefficient (Wildman–Crippen LogP) is 1.84. The van der Waals surface area contributed by atoms with E-state index in [-0.39, 0.29) is 6.42 Å². The molecule has 3 rings (SSSR count). The molecule has 1 saturated carbocycles. The SMILES string of the molecule is O=C(O)Cc1cccc2nc(C3CC3)cn12. The zero-order chi connectivity index (χ0) is 11.1. The minimum Gasteiger partial charge on any atom is -0.481 e. The van der Waals surface area contributed by atoms with Crippen LogP contribution in [0.4, 0.5) is 0 Å². The van der Waals surface area contributed by atoms with Crippen molar-refractivity contribution in [1.82, 2.24) is 9.38 Å². The number of fused-ring (bicyclic) bond motifs is 1. The lowest BCUT2D eigenvalue weighted by Gasteiger charge is -2.00. The molecule has 0 spiro atoms. The number of hydrogen-bond donors (Lipinski definition) is 1. The van der Waals surface area contributed by atoms with Crippen LogP contribution in [0.1, 0.15) is 30.1 Å². The molecular weight excluding hydrogens is 204 g/mol. The molecule has 2 aromatic heterocycles. The summed E-state index contributed by atoms with van der Waals surface area (Å²) in [5.41, 5.74) is 2.72. The smallest absolute Gasteiger partial charge is 0.309 e. The first-order valence-corrected chi connectivity index (χ1v) is 5.43. The quantitative estimate of drug-likeness (QED) is 0.851. The molecule has 2 aromatic rings. The number of pyridine rings is 1. The molecule has 0 radical (unpaired) electrons. The summed E-state index contributed by atoms with van der Waals surface area (Å²) in [7, 11) is 0. The number of aromatic nitrogens is 2. The van der Waals surface area contributed by atoms with Gasteiger partial charge in [-0.15, -0.1) is 0 Å². The van der Waals surface area contributed by atoms with Crippen molar-refractivity contribution in [3.05, 3.63) is 35.8 Å². The van der Waals surface area contributed by atoms with Gasteiger partial charge >= 0.3 is 5.97 Å². The number of imidazole rings is 1. The Balaban J connectivity index is 2.09. The summed E-state index contributed by atoms with van der Waals surface area (Å²) in [6.45, 7) is 0. The van der Waals surface area contributed by atoms with Crippen molar-refractivity contribution in [2.75, 3.05) is 0 Å². The van der Waals surface area contributed by atoms with E-state index in [4.69, 9.17) is 5.11 Å². The van der Waals surface area contributed by atoms with Crippen molar-refractivity contribution >= 4 is 11.6 Å². The molecule has 16 heavy (non-hydrogen) atoms. The number of carboxylic acid groups (broad SMARTS) is 1. The van der Waals surface area contributed by atoms with Gasteiger partial charge in [-0.1, -0.05) is 6.07 Å². The van der Waals surface area contributed by atoms with Crippen LogP contribution in [0.25, 0.3) is 5.65 Å². The van der Waals surface area contributed by atoms with Crippen LogP contribution in [-0.2, 0) is 11.2 Å². The first-order valence-electron chi connectivity index (χ1n) is 5.43. The van der Waals surface area contributed by atoms with Gasteiger partial charge in [0, 0.05) is 17.8 Å². The lowest BCUT2D eigenvalue weighted by atomic mass is 10.2. The molecule has 1 aliphatic rings. The van der Waals surface area contributed by atoms with Gasteiger partial charge in [0.15, 0.2) is 0 Å². The van der Waals surface area contributed by atoms with Crippen molar-refractivity contribution in [2.24, 2.45) is 0 Å². The molecule has 4 nitrogen and oxygen atoms in total. The lowest BCUT2D eigenvalue weighted by Crippen LogP contribution is -2.04. The fourth-order valence-electron chi connectivity index (χ4n) is 1.96. The highest BCUT2D eigenvalue weighted by Gasteiger charge is 2.26. The van der Waals surface area contributed by atoms with Gasteiger partial charge < -0.3 is 9.51 Å². The van der Waals surface area contributed by atoms with Gasteiger partial charge in [0.1, 0.15) is 5.65 Å². The van der Waals surface area contributed by atoms with Crippen LogP contribution >= 0.6 is 0 Å². The molecule has 0 amide bonds. The number of nitrogens with zero attached hydrogens (tertiary/aromatic N) is 2. The monoisotopic (exact) mass is 216 g/mol. The van der Waals surface area contributed by atoms with Crippen molar-refractivity contribution in [3.63, 3.8) is 0 Å². The normalized spacial score (nSPS) is 15.5. The number of carboxylic acids is 1. The third-order valence-electron chi connectivity index (χ3n) is 2.92. The number of carbonyl (C=O) groups is 1. The molecule has 4 heteroatoms. The van der Waals surface area contributed by atoms with Gasteiger partial charge in [-0.2, -0.15) is 0 Å². The fourth-order valence-corrected chi connectivity index (χ4v) is 1.96. The first kappa shape index (κ1) is 9.39. The zero-order valence-corrected chi connectivity index (χ0v) is 8.76. The van der Waals surface area contributed by atoms with E-state index in [9.17, 15) is 4.79 Å². The summed E-state index contributed by atoms with van der Waals surface area (Å²) in [5, 5.41) is 8.82. The summed E-state index contributed by atoms with van der Waals surface area (Å²) < 4.78 is 1.89. The molecule has 1 N–H and O–H groups in total. The van der Waals surface area contributed by atoms with E-state index >= 15 is 0 Å². The minimum atomic E-state index is -0.811. The Morgan fingerprint density at radius 1 is 1.50 bits per heavy atom. The molecule has 2 heterocycles. The van der Waals surface area contributed by atoms with E-state index < -0.39 is 5.97 Å². The van der Waals surface area contributed by atoms with Crippen molar-refractivity contribution in [1.29, 1.82) is 0 Å². The number of aliphatic carboxylic acids is 1. The molecule has 0 atom stereocenters. The molecule has 82 valence electrons. The highest BCUT2D eigenvalue weighted by molar-refractivity contribution is 5.70. The largest absolute Gasteiger partial charge is 0.481 e. The fraction of sp³-hybridized carbons (Fsp3) is 0.333. The second-order valence-electron chi connectivity index (χ2n) is 4.26. The van der Waals surface area contributed by atoms with Gasteiger partial charge in [0.05, 0.1) is 12.1 Å². The van der Waals surface area contributed by atoms with Crippen molar-refractivity contribution in [3.8, 4) is 0 Å². The van der Waals surface area contributed by atoms with Gasteiger partial charge in [-0.05, 0) is 25.0 Å². The highest BCUT2D eigenvalue weighted by atomic mass is 16.4. The van der Waals surface area contributed by atoms with E-state index in [1.54, 1.807) is 0 Å². The van der Waals surface area contributed by atoms with Crippen molar-refractivity contribution < 1.29 is 9.90 Å². The van der Waals surface area contributed by atoms with Crippen LogP contribution in [-0.4, -0.2) is 20.5 Å². The van der Waals surface area contributed by atoms with Crippen LogP contribution in [0.3, 0.4) is 0 Å². The van der Waals surface area contributed by atoms with Crippen LogP contribution in [0, 0.1) is 0 Å². The summed E-state index contributed by atoms with van der Waals surface area (Å²) in [6.07, 6.45) is 4.43. The van der Waals surface area contributed by atoms with E-state index in [1.165, 1.54) is 12.8 Å². The van der Waals surface area contributed by atoms with Gasteiger partial charge in [0.25, 0.3) is 0 Å². The third-order valence-corrected chi connectivity index (χ3v) is 2.92. The maximum Gasteiger partial charge on any atom is 0.309 e. The Bertz CT molecular complexity index is 555. The second-order valence-corrected chi connectivity index (χ2v) is 4.26. The van der Waals surface area contributed by atoms with Crippen LogP contribution < -0.4 is 0 Å². The molecule has 0 aromatic carbocycles. The van der Waals surface area contributed by atoms with E-state index in [1.807, 2.05) is 28.8 Å². The van der Waals surface area contributed by atoms with Gasteiger partial charge in [-0.25, -0.2) is 4.98 Å². The van der Waals surface area contributed by atoms with Crippen molar-refractivity contribution in [2.45, 2.75) is 25.2 Å². The standard InChI is InChI=1S/C12H12N2O2/c15-12(16)6-9-2-1-3-11-13-10(7-14(9)11)8-4-5-8/h1-3,7-8H,4-6H2,(H,15,16). The average Bonchev–Trinajstić information content (AvgIpc) is 2.98. The van der Waals surface area contributed by atoms with Crippen LogP contribution in [0.2, 0.25) is 0 Å². The maximum absolute atomic E-state index is 10.7. The number of hydrogen-bond acceptors (Lipinski definition) is 2. The van der Waals surface area contributed by atoms with Crippen LogP contribution in [0.15, 0.2) is 24.4 Å². The summed E-state index contributed by atoms with van der Waals surface area (Å²) in [6, 6.07) is 5.61. The Hall–Kier alpha value is -1.84. The Morgan fingerprint density at radius 2 is 2.31 bits per heavy atom. The first-order chi connectivity index (χ1) is 7.74. The summed E-state index contributed by atoms with van der Waals surface area (Å²) in [4.78, 5) is 15.2. The second kappa shape index (κ2) is 3.33. The van der Waals surface area contributed by atoms with Gasteiger partial charge in [0.2, 0.25) is 0 Å². The molecule has 1 fully saturated rings. The highest BCUT2D eigenvalue weighted by Crippen LogP contribution is 2.39. The average molecular weight is 216 g/mol. The summed E-state index contributed by atoms with van der Waals surface area (Å²) in [5.74, 6) is -0.216. The Morgan fingerprint density at radius 3 is 3.00 bits per heavy atom. The predicted molar refractivity (Wildman–Crippen MR) is 58.5 cm³/mol. The Labute approximate surface area is 92.5 Å².